The van der Waals surface area contributed by atoms with Crippen molar-refractivity contribution in [3.63, 3.8) is 0 Å². The van der Waals surface area contributed by atoms with Gasteiger partial charge in [-0.25, -0.2) is 0 Å². The van der Waals surface area contributed by atoms with Gasteiger partial charge in [-0.1, -0.05) is 23.7 Å². The maximum absolute atomic E-state index is 11.9. The molecule has 5 nitrogen and oxygen atoms in total. The van der Waals surface area contributed by atoms with Gasteiger partial charge in [0.15, 0.2) is 0 Å². The lowest BCUT2D eigenvalue weighted by Crippen LogP contribution is -2.29. The largest absolute Gasteiger partial charge is 0.355 e. The molecule has 1 heterocycles. The van der Waals surface area contributed by atoms with Gasteiger partial charge in [0.2, 0.25) is 11.8 Å². The van der Waals surface area contributed by atoms with E-state index in [1.165, 1.54) is 0 Å². The second kappa shape index (κ2) is 8.29. The second-order valence-corrected chi connectivity index (χ2v) is 5.47. The summed E-state index contributed by atoms with van der Waals surface area (Å²) in [6.07, 6.45) is 2.10. The summed E-state index contributed by atoms with van der Waals surface area (Å²) < 4.78 is 0. The van der Waals surface area contributed by atoms with Crippen molar-refractivity contribution in [1.82, 2.24) is 10.3 Å². The van der Waals surface area contributed by atoms with Crippen LogP contribution in [-0.2, 0) is 16.0 Å². The van der Waals surface area contributed by atoms with Crippen molar-refractivity contribution >= 4 is 29.1 Å². The van der Waals surface area contributed by atoms with Crippen molar-refractivity contribution < 1.29 is 9.59 Å². The number of hydrogen-bond donors (Lipinski definition) is 2. The average Bonchev–Trinajstić information content (AvgIpc) is 2.53. The number of benzene rings is 1. The Morgan fingerprint density at radius 2 is 1.96 bits per heavy atom. The first-order valence-electron chi connectivity index (χ1n) is 7.28. The predicted molar refractivity (Wildman–Crippen MR) is 90.4 cm³/mol. The minimum Gasteiger partial charge on any atom is -0.355 e. The Morgan fingerprint density at radius 1 is 1.13 bits per heavy atom. The Labute approximate surface area is 140 Å². The van der Waals surface area contributed by atoms with Crippen LogP contribution < -0.4 is 10.6 Å². The highest BCUT2D eigenvalue weighted by Gasteiger charge is 2.11. The second-order valence-electron chi connectivity index (χ2n) is 5.06. The van der Waals surface area contributed by atoms with Crippen molar-refractivity contribution in [3.8, 4) is 0 Å². The van der Waals surface area contributed by atoms with E-state index in [-0.39, 0.29) is 18.2 Å². The van der Waals surface area contributed by atoms with Crippen molar-refractivity contribution in [3.05, 3.63) is 58.9 Å². The van der Waals surface area contributed by atoms with Gasteiger partial charge in [-0.3, -0.25) is 14.6 Å². The van der Waals surface area contributed by atoms with Crippen LogP contribution in [0.15, 0.2) is 42.6 Å². The van der Waals surface area contributed by atoms with E-state index in [1.807, 2.05) is 25.1 Å². The Kier molecular flexibility index (Phi) is 6.11. The van der Waals surface area contributed by atoms with E-state index >= 15 is 0 Å². The molecule has 2 rings (SSSR count). The molecule has 0 spiro atoms. The Balaban J connectivity index is 1.76. The van der Waals surface area contributed by atoms with Crippen LogP contribution in [-0.4, -0.2) is 23.3 Å². The molecule has 0 saturated carbocycles. The van der Waals surface area contributed by atoms with Gasteiger partial charge in [0.25, 0.3) is 0 Å². The molecule has 1 aromatic heterocycles. The summed E-state index contributed by atoms with van der Waals surface area (Å²) in [6.45, 7) is 2.25. The summed E-state index contributed by atoms with van der Waals surface area (Å²) in [5, 5.41) is 5.97. The number of aromatic nitrogens is 1. The molecule has 120 valence electrons. The molecule has 2 N–H and O–H groups in total. The van der Waals surface area contributed by atoms with Crippen LogP contribution in [0.2, 0.25) is 5.02 Å². The number of rotatable bonds is 6. The molecule has 2 aromatic rings. The summed E-state index contributed by atoms with van der Waals surface area (Å²) in [7, 11) is 0. The van der Waals surface area contributed by atoms with Crippen molar-refractivity contribution in [2.45, 2.75) is 19.8 Å². The SMILES string of the molecule is Cc1c(Cl)cccc1NC(=O)CC(=O)NCCc1ccccn1. The highest BCUT2D eigenvalue weighted by molar-refractivity contribution is 6.31. The van der Waals surface area contributed by atoms with Gasteiger partial charge in [-0.05, 0) is 36.8 Å². The van der Waals surface area contributed by atoms with Crippen LogP contribution >= 0.6 is 11.6 Å². The molecule has 1 aromatic carbocycles. The van der Waals surface area contributed by atoms with Crippen LogP contribution in [0.4, 0.5) is 5.69 Å². The summed E-state index contributed by atoms with van der Waals surface area (Å²) in [5.74, 6) is -0.691. The highest BCUT2D eigenvalue weighted by Crippen LogP contribution is 2.22. The average molecular weight is 332 g/mol. The number of hydrogen-bond acceptors (Lipinski definition) is 3. The molecular weight excluding hydrogens is 314 g/mol. The van der Waals surface area contributed by atoms with Crippen LogP contribution in [0.3, 0.4) is 0 Å². The molecule has 0 unspecified atom stereocenters. The topological polar surface area (TPSA) is 71.1 Å². The lowest BCUT2D eigenvalue weighted by Gasteiger charge is -2.09. The molecular formula is C17H18ClN3O2. The molecule has 0 aliphatic carbocycles. The van der Waals surface area contributed by atoms with Gasteiger partial charge in [0, 0.05) is 35.6 Å². The molecule has 0 fully saturated rings. The number of carbonyl (C=O) groups is 2. The number of anilines is 1. The lowest BCUT2D eigenvalue weighted by atomic mass is 10.2. The fourth-order valence-electron chi connectivity index (χ4n) is 2.02. The van der Waals surface area contributed by atoms with Gasteiger partial charge in [-0.15, -0.1) is 0 Å². The van der Waals surface area contributed by atoms with Crippen LogP contribution in [0, 0.1) is 6.92 Å². The van der Waals surface area contributed by atoms with Gasteiger partial charge >= 0.3 is 0 Å². The summed E-state index contributed by atoms with van der Waals surface area (Å²) in [6, 6.07) is 10.9. The standard InChI is InChI=1S/C17H18ClN3O2/c1-12-14(18)6-4-7-15(12)21-17(23)11-16(22)20-10-8-13-5-2-3-9-19-13/h2-7,9H,8,10-11H2,1H3,(H,20,22)(H,21,23). The number of halogens is 1. The summed E-state index contributed by atoms with van der Waals surface area (Å²) >= 11 is 5.99. The molecule has 0 radical (unpaired) electrons. The van der Waals surface area contributed by atoms with Crippen molar-refractivity contribution in [2.75, 3.05) is 11.9 Å². The molecule has 23 heavy (non-hydrogen) atoms. The fourth-order valence-corrected chi connectivity index (χ4v) is 2.20. The Morgan fingerprint density at radius 3 is 2.70 bits per heavy atom. The van der Waals surface area contributed by atoms with Crippen LogP contribution in [0.1, 0.15) is 17.7 Å². The van der Waals surface area contributed by atoms with E-state index in [0.29, 0.717) is 23.7 Å². The molecule has 0 bridgehead atoms. The zero-order valence-corrected chi connectivity index (χ0v) is 13.6. The van der Waals surface area contributed by atoms with Crippen molar-refractivity contribution in [2.24, 2.45) is 0 Å². The molecule has 0 atom stereocenters. The highest BCUT2D eigenvalue weighted by atomic mass is 35.5. The number of pyridine rings is 1. The minimum atomic E-state index is -0.370. The summed E-state index contributed by atoms with van der Waals surface area (Å²) in [5.41, 5.74) is 2.29. The Bertz CT molecular complexity index is 689. The third kappa shape index (κ3) is 5.38. The van der Waals surface area contributed by atoms with Gasteiger partial charge in [0.05, 0.1) is 0 Å². The van der Waals surface area contributed by atoms with E-state index in [4.69, 9.17) is 11.6 Å². The first-order valence-corrected chi connectivity index (χ1v) is 7.65. The summed E-state index contributed by atoms with van der Waals surface area (Å²) in [4.78, 5) is 27.8. The van der Waals surface area contributed by atoms with Gasteiger partial charge in [0.1, 0.15) is 6.42 Å². The first kappa shape index (κ1) is 17.0. The van der Waals surface area contributed by atoms with E-state index < -0.39 is 0 Å². The lowest BCUT2D eigenvalue weighted by molar-refractivity contribution is -0.126. The smallest absolute Gasteiger partial charge is 0.233 e. The number of amides is 2. The molecule has 0 aliphatic heterocycles. The predicted octanol–water partition coefficient (Wildman–Crippen LogP) is 2.73. The normalized spacial score (nSPS) is 10.2. The van der Waals surface area contributed by atoms with E-state index in [0.717, 1.165) is 11.3 Å². The Hall–Kier alpha value is -2.40. The molecule has 2 amide bonds. The zero-order chi connectivity index (χ0) is 16.7. The maximum atomic E-state index is 11.9. The van der Waals surface area contributed by atoms with E-state index in [1.54, 1.807) is 24.4 Å². The van der Waals surface area contributed by atoms with Crippen LogP contribution in [0.5, 0.6) is 0 Å². The van der Waals surface area contributed by atoms with Gasteiger partial charge in [-0.2, -0.15) is 0 Å². The molecule has 6 heteroatoms. The quantitative estimate of drug-likeness (QED) is 0.799. The first-order chi connectivity index (χ1) is 11.1. The van der Waals surface area contributed by atoms with E-state index in [2.05, 4.69) is 15.6 Å². The fraction of sp³-hybridized carbons (Fsp3) is 0.235. The molecule has 0 saturated heterocycles. The third-order valence-electron chi connectivity index (χ3n) is 3.29. The molecule has 0 aliphatic rings. The maximum Gasteiger partial charge on any atom is 0.233 e. The van der Waals surface area contributed by atoms with Gasteiger partial charge < -0.3 is 10.6 Å². The van der Waals surface area contributed by atoms with E-state index in [9.17, 15) is 9.59 Å². The third-order valence-corrected chi connectivity index (χ3v) is 3.70. The number of carbonyl (C=O) groups excluding carboxylic acids is 2. The van der Waals surface area contributed by atoms with Crippen molar-refractivity contribution in [1.29, 1.82) is 0 Å². The monoisotopic (exact) mass is 331 g/mol. The minimum absolute atomic E-state index is 0.228. The zero-order valence-electron chi connectivity index (χ0n) is 12.8. The number of nitrogens with zero attached hydrogens (tertiary/aromatic N) is 1. The van der Waals surface area contributed by atoms with Crippen LogP contribution in [0.25, 0.3) is 0 Å². The number of nitrogens with one attached hydrogen (secondary N) is 2.